The Balaban J connectivity index is 1.08. The van der Waals surface area contributed by atoms with Gasteiger partial charge in [0.2, 0.25) is 0 Å². The highest BCUT2D eigenvalue weighted by molar-refractivity contribution is 5.80. The van der Waals surface area contributed by atoms with Crippen LogP contribution in [-0.4, -0.2) is 128 Å². The fourth-order valence-electron chi connectivity index (χ4n) is 13.5. The highest BCUT2D eigenvalue weighted by Crippen LogP contribution is 2.76. The molecule has 0 amide bonds. The van der Waals surface area contributed by atoms with E-state index in [0.29, 0.717) is 25.2 Å². The number of carboxylic acid groups (broad SMARTS) is 1. The number of carboxylic acids is 1. The molecule has 0 bridgehead atoms. The van der Waals surface area contributed by atoms with Crippen LogP contribution in [0.2, 0.25) is 0 Å². The molecule has 6 fully saturated rings. The Labute approximate surface area is 325 Å². The first-order chi connectivity index (χ1) is 25.6. The van der Waals surface area contributed by atoms with Crippen LogP contribution in [-0.2, 0) is 23.7 Å². The van der Waals surface area contributed by atoms with Crippen molar-refractivity contribution in [2.75, 3.05) is 13.2 Å². The Kier molecular flexibility index (Phi) is 10.8. The van der Waals surface area contributed by atoms with Crippen molar-refractivity contribution in [2.24, 2.45) is 50.2 Å². The zero-order chi connectivity index (χ0) is 40.3. The van der Waals surface area contributed by atoms with Crippen LogP contribution in [0.25, 0.3) is 0 Å². The summed E-state index contributed by atoms with van der Waals surface area (Å²) in [4.78, 5) is 13.0. The molecule has 0 radical (unpaired) electrons. The van der Waals surface area contributed by atoms with Crippen LogP contribution in [0, 0.1) is 50.2 Å². The second-order valence-corrected chi connectivity index (χ2v) is 20.5. The van der Waals surface area contributed by atoms with E-state index in [-0.39, 0.29) is 46.7 Å². The lowest BCUT2D eigenvalue weighted by atomic mass is 9.32. The maximum atomic E-state index is 13.0. The summed E-state index contributed by atoms with van der Waals surface area (Å²) in [5.74, 6) is -0.0491. The Morgan fingerprint density at radius 2 is 1.33 bits per heavy atom. The zero-order valence-corrected chi connectivity index (χ0v) is 33.8. The molecule has 2 saturated heterocycles. The van der Waals surface area contributed by atoms with Crippen LogP contribution in [0.5, 0.6) is 0 Å². The van der Waals surface area contributed by atoms with E-state index in [2.05, 4.69) is 47.6 Å². The molecule has 2 aliphatic heterocycles. The monoisotopic (exact) mass is 780 g/mol. The van der Waals surface area contributed by atoms with Crippen LogP contribution in [0.1, 0.15) is 113 Å². The Morgan fingerprint density at radius 3 is 2.00 bits per heavy atom. The number of aliphatic hydroxyl groups excluding tert-OH is 7. The summed E-state index contributed by atoms with van der Waals surface area (Å²) in [6, 6.07) is 0. The molecule has 0 aromatic carbocycles. The van der Waals surface area contributed by atoms with E-state index in [9.17, 15) is 45.6 Å². The molecule has 13 nitrogen and oxygen atoms in total. The average Bonchev–Trinajstić information content (AvgIpc) is 3.12. The van der Waals surface area contributed by atoms with Crippen molar-refractivity contribution in [3.05, 3.63) is 11.6 Å². The second-order valence-electron chi connectivity index (χ2n) is 20.5. The molecule has 0 aromatic heterocycles. The molecular weight excluding hydrogens is 712 g/mol. The first-order valence-electron chi connectivity index (χ1n) is 20.8. The first kappa shape index (κ1) is 41.9. The lowest BCUT2D eigenvalue weighted by Crippen LogP contribution is -2.67. The highest BCUT2D eigenvalue weighted by atomic mass is 16.7. The Hall–Kier alpha value is -1.23. The molecule has 0 aromatic rings. The number of rotatable bonds is 7. The number of aliphatic carboxylic acids is 1. The highest BCUT2D eigenvalue weighted by Gasteiger charge is 2.70. The maximum absolute atomic E-state index is 13.0. The minimum Gasteiger partial charge on any atom is -0.481 e. The van der Waals surface area contributed by atoms with Gasteiger partial charge in [-0.2, -0.15) is 0 Å². The molecule has 314 valence electrons. The van der Waals surface area contributed by atoms with Gasteiger partial charge in [0.05, 0.1) is 30.8 Å². The predicted molar refractivity (Wildman–Crippen MR) is 198 cm³/mol. The summed E-state index contributed by atoms with van der Waals surface area (Å²) < 4.78 is 23.5. The second kappa shape index (κ2) is 14.2. The fourth-order valence-corrected chi connectivity index (χ4v) is 13.5. The summed E-state index contributed by atoms with van der Waals surface area (Å²) in [7, 11) is 0. The van der Waals surface area contributed by atoms with Crippen LogP contribution in [0.15, 0.2) is 11.6 Å². The Bertz CT molecular complexity index is 1490. The number of ether oxygens (including phenoxy) is 4. The standard InChI is InChI=1S/C42H68O13/c1-21-28(44)30(46)32(48)34(54-21)52-19-24-29(45)31(47)33(49)35(55-24)53-20-39(5)25-10-13-41(7)26(38(25,4)12-11-27(39)43)9-8-22-23-18-37(2,3)14-16-42(23,36(50)51)17-15-40(22,41)6/h18,21-22,24-35,43-49H,8-17,19-20H2,1-7H3,(H,50,51). The van der Waals surface area contributed by atoms with E-state index in [1.54, 1.807) is 0 Å². The van der Waals surface area contributed by atoms with Gasteiger partial charge in [0.15, 0.2) is 12.6 Å². The fraction of sp³-hybridized carbons (Fsp3) is 0.929. The van der Waals surface area contributed by atoms with Gasteiger partial charge in [0.25, 0.3) is 0 Å². The van der Waals surface area contributed by atoms with Gasteiger partial charge >= 0.3 is 5.97 Å². The van der Waals surface area contributed by atoms with E-state index in [1.807, 2.05) is 0 Å². The molecule has 19 atom stereocenters. The number of hydrogen-bond acceptors (Lipinski definition) is 12. The van der Waals surface area contributed by atoms with Crippen LogP contribution < -0.4 is 0 Å². The van der Waals surface area contributed by atoms with E-state index in [4.69, 9.17) is 18.9 Å². The lowest BCUT2D eigenvalue weighted by Gasteiger charge is -2.72. The summed E-state index contributed by atoms with van der Waals surface area (Å²) >= 11 is 0. The molecule has 7 aliphatic rings. The van der Waals surface area contributed by atoms with Crippen molar-refractivity contribution in [1.82, 2.24) is 0 Å². The van der Waals surface area contributed by atoms with Gasteiger partial charge in [-0.15, -0.1) is 0 Å². The molecule has 5 aliphatic carbocycles. The molecule has 55 heavy (non-hydrogen) atoms. The molecule has 7 rings (SSSR count). The van der Waals surface area contributed by atoms with Gasteiger partial charge < -0.3 is 59.8 Å². The van der Waals surface area contributed by atoms with E-state index in [1.165, 1.54) is 12.5 Å². The van der Waals surface area contributed by atoms with Crippen LogP contribution in [0.3, 0.4) is 0 Å². The Morgan fingerprint density at radius 1 is 0.691 bits per heavy atom. The predicted octanol–water partition coefficient (Wildman–Crippen LogP) is 2.88. The smallest absolute Gasteiger partial charge is 0.313 e. The molecule has 13 heteroatoms. The third kappa shape index (κ3) is 6.31. The quantitative estimate of drug-likeness (QED) is 0.175. The third-order valence-corrected chi connectivity index (χ3v) is 17.3. The van der Waals surface area contributed by atoms with Crippen LogP contribution >= 0.6 is 0 Å². The van der Waals surface area contributed by atoms with Crippen LogP contribution in [0.4, 0.5) is 0 Å². The summed E-state index contributed by atoms with van der Waals surface area (Å²) in [5.41, 5.74) is -0.630. The van der Waals surface area contributed by atoms with Crippen molar-refractivity contribution in [2.45, 2.75) is 180 Å². The van der Waals surface area contributed by atoms with Crippen molar-refractivity contribution in [1.29, 1.82) is 0 Å². The number of carbonyl (C=O) groups is 1. The van der Waals surface area contributed by atoms with E-state index < -0.39 is 84.3 Å². The molecular formula is C42H68O13. The molecule has 2 heterocycles. The minimum absolute atomic E-state index is 0.0328. The molecule has 0 spiro atoms. The zero-order valence-electron chi connectivity index (χ0n) is 33.8. The normalized spacial score (nSPS) is 54.9. The van der Waals surface area contributed by atoms with Gasteiger partial charge in [-0.3, -0.25) is 4.79 Å². The van der Waals surface area contributed by atoms with E-state index in [0.717, 1.165) is 44.9 Å². The van der Waals surface area contributed by atoms with E-state index >= 15 is 0 Å². The van der Waals surface area contributed by atoms with Gasteiger partial charge in [0, 0.05) is 5.41 Å². The number of allylic oxidation sites excluding steroid dienone is 1. The van der Waals surface area contributed by atoms with Crippen molar-refractivity contribution >= 4 is 5.97 Å². The van der Waals surface area contributed by atoms with Crippen molar-refractivity contribution in [3.8, 4) is 0 Å². The maximum Gasteiger partial charge on any atom is 0.313 e. The van der Waals surface area contributed by atoms with Gasteiger partial charge in [0.1, 0.15) is 42.7 Å². The average molecular weight is 781 g/mol. The number of hydrogen-bond donors (Lipinski definition) is 8. The largest absolute Gasteiger partial charge is 0.481 e. The number of fused-ring (bicyclic) bond motifs is 7. The summed E-state index contributed by atoms with van der Waals surface area (Å²) in [5, 5.41) is 85.7. The van der Waals surface area contributed by atoms with Crippen molar-refractivity contribution in [3.63, 3.8) is 0 Å². The topological polar surface area (TPSA) is 216 Å². The third-order valence-electron chi connectivity index (χ3n) is 17.3. The summed E-state index contributed by atoms with van der Waals surface area (Å²) in [6.07, 6.45) is -4.01. The lowest BCUT2D eigenvalue weighted by molar-refractivity contribution is -0.334. The van der Waals surface area contributed by atoms with Gasteiger partial charge in [-0.05, 0) is 111 Å². The van der Waals surface area contributed by atoms with Crippen molar-refractivity contribution < 1.29 is 64.6 Å². The number of aliphatic hydroxyl groups is 7. The first-order valence-corrected chi connectivity index (χ1v) is 20.8. The molecule has 19 unspecified atom stereocenters. The summed E-state index contributed by atoms with van der Waals surface area (Å²) in [6.45, 7) is 15.0. The van der Waals surface area contributed by atoms with Gasteiger partial charge in [-0.25, -0.2) is 0 Å². The molecule has 8 N–H and O–H groups in total. The molecule has 4 saturated carbocycles. The minimum atomic E-state index is -1.64. The SMILES string of the molecule is CC1OC(OCC2OC(OCC3(C)C(O)CCC4(C)C3CCC3(C)C4CCC4C5=CC(C)(C)CCC5(C(=O)O)CCC43C)C(O)C(O)C2O)C(O)C(O)C1O. The van der Waals surface area contributed by atoms with Gasteiger partial charge in [-0.1, -0.05) is 53.2 Å².